The van der Waals surface area contributed by atoms with Crippen molar-refractivity contribution in [1.29, 1.82) is 0 Å². The van der Waals surface area contributed by atoms with Crippen LogP contribution in [0.15, 0.2) is 55.1 Å². The molecule has 0 radical (unpaired) electrons. The summed E-state index contributed by atoms with van der Waals surface area (Å²) in [5.74, 6) is 1.54. The van der Waals surface area contributed by atoms with Gasteiger partial charge in [0.05, 0.1) is 6.61 Å². The number of anilines is 2. The van der Waals surface area contributed by atoms with Gasteiger partial charge in [-0.15, -0.1) is 0 Å². The monoisotopic (exact) mass is 473 g/mol. The second kappa shape index (κ2) is 10.5. The van der Waals surface area contributed by atoms with Crippen LogP contribution in [0.1, 0.15) is 42.0 Å². The molecule has 180 valence electrons. The Kier molecular flexibility index (Phi) is 6.80. The summed E-state index contributed by atoms with van der Waals surface area (Å²) in [6.45, 7) is 0.893. The molecule has 0 saturated heterocycles. The van der Waals surface area contributed by atoms with Crippen molar-refractivity contribution in [3.63, 3.8) is 0 Å². The van der Waals surface area contributed by atoms with Crippen LogP contribution in [-0.4, -0.2) is 44.5 Å². The van der Waals surface area contributed by atoms with E-state index in [4.69, 9.17) is 9.47 Å². The predicted octanol–water partition coefficient (Wildman–Crippen LogP) is 4.20. The van der Waals surface area contributed by atoms with Crippen molar-refractivity contribution >= 4 is 28.6 Å². The molecule has 4 aromatic rings. The highest BCUT2D eigenvalue weighted by Gasteiger charge is 2.30. The lowest BCUT2D eigenvalue weighted by molar-refractivity contribution is 0.0996. The summed E-state index contributed by atoms with van der Waals surface area (Å²) in [6.07, 6.45) is 8.85. The first kappa shape index (κ1) is 22.7. The first-order chi connectivity index (χ1) is 17.2. The molecule has 4 heterocycles. The third-order valence-corrected chi connectivity index (χ3v) is 6.15. The number of H-pyrrole nitrogens is 1. The summed E-state index contributed by atoms with van der Waals surface area (Å²) in [5, 5.41) is 14.6. The molecule has 5 rings (SSSR count). The molecule has 1 amide bonds. The zero-order valence-electron chi connectivity index (χ0n) is 19.4. The maximum atomic E-state index is 12.2. The molecule has 10 heteroatoms. The van der Waals surface area contributed by atoms with Gasteiger partial charge in [0, 0.05) is 61.5 Å². The summed E-state index contributed by atoms with van der Waals surface area (Å²) >= 11 is 0. The Hall–Kier alpha value is -4.05. The van der Waals surface area contributed by atoms with Crippen LogP contribution in [0.2, 0.25) is 0 Å². The van der Waals surface area contributed by atoms with Crippen LogP contribution in [0.4, 0.5) is 16.4 Å². The standard InChI is InChI=1S/C25H27N7O3/c1-34-15-18-6-9-27-23-20(18)7-10-28-24(23)30-22-12-21(31-32-22)17-4-5-19(11-17)35-25(33)29-14-16-3-2-8-26-13-16/h2-3,6-10,12-13,17,19H,4-5,11,14-15H2,1H3,(H,29,33)(H2,28,30,31,32). The number of nitrogens with zero attached hydrogens (tertiary/aromatic N) is 4. The average molecular weight is 474 g/mol. The van der Waals surface area contributed by atoms with Gasteiger partial charge in [-0.05, 0) is 48.6 Å². The second-order valence-electron chi connectivity index (χ2n) is 8.54. The van der Waals surface area contributed by atoms with E-state index in [9.17, 15) is 4.79 Å². The molecule has 1 saturated carbocycles. The topological polar surface area (TPSA) is 127 Å². The van der Waals surface area contributed by atoms with Crippen LogP contribution in [-0.2, 0) is 22.6 Å². The van der Waals surface area contributed by atoms with Crippen molar-refractivity contribution in [3.05, 3.63) is 71.9 Å². The summed E-state index contributed by atoms with van der Waals surface area (Å²) in [6, 6.07) is 9.60. The fraction of sp³-hybridized carbons (Fsp3) is 0.320. The van der Waals surface area contributed by atoms with E-state index in [2.05, 4.69) is 35.8 Å². The Morgan fingerprint density at radius 3 is 2.94 bits per heavy atom. The Morgan fingerprint density at radius 1 is 1.17 bits per heavy atom. The maximum absolute atomic E-state index is 12.2. The SMILES string of the molecule is COCc1ccnc2c(Nc3cc(C4CCC(OC(=O)NCc5cccnc5)C4)[nH]n3)nccc12. The molecule has 10 nitrogen and oxygen atoms in total. The van der Waals surface area contributed by atoms with E-state index < -0.39 is 6.09 Å². The van der Waals surface area contributed by atoms with Gasteiger partial charge in [0.1, 0.15) is 11.6 Å². The third kappa shape index (κ3) is 5.38. The fourth-order valence-corrected chi connectivity index (χ4v) is 4.44. The molecule has 0 aromatic carbocycles. The van der Waals surface area contributed by atoms with E-state index in [1.54, 1.807) is 31.9 Å². The number of alkyl carbamates (subject to hydrolysis) is 1. The molecule has 0 aliphatic heterocycles. The van der Waals surface area contributed by atoms with E-state index in [0.29, 0.717) is 24.8 Å². The van der Waals surface area contributed by atoms with Gasteiger partial charge >= 0.3 is 6.09 Å². The Morgan fingerprint density at radius 2 is 2.09 bits per heavy atom. The number of amides is 1. The molecule has 2 atom stereocenters. The zero-order chi connectivity index (χ0) is 24.0. The normalized spacial score (nSPS) is 17.4. The molecular weight excluding hydrogens is 446 g/mol. The van der Waals surface area contributed by atoms with Crippen LogP contribution >= 0.6 is 0 Å². The molecule has 3 N–H and O–H groups in total. The maximum Gasteiger partial charge on any atom is 0.407 e. The second-order valence-corrected chi connectivity index (χ2v) is 8.54. The van der Waals surface area contributed by atoms with Gasteiger partial charge < -0.3 is 20.1 Å². The quantitative estimate of drug-likeness (QED) is 0.347. The molecule has 1 aliphatic carbocycles. The number of nitrogens with one attached hydrogen (secondary N) is 3. The van der Waals surface area contributed by atoms with E-state index >= 15 is 0 Å². The van der Waals surface area contributed by atoms with Crippen LogP contribution < -0.4 is 10.6 Å². The first-order valence-electron chi connectivity index (χ1n) is 11.6. The van der Waals surface area contributed by atoms with Crippen LogP contribution in [0.3, 0.4) is 0 Å². The molecular formula is C25H27N7O3. The van der Waals surface area contributed by atoms with Gasteiger partial charge in [0.2, 0.25) is 0 Å². The Bertz CT molecular complexity index is 1290. The highest BCUT2D eigenvalue weighted by Crippen LogP contribution is 2.36. The number of fused-ring (bicyclic) bond motifs is 1. The van der Waals surface area contributed by atoms with Gasteiger partial charge in [-0.25, -0.2) is 9.78 Å². The molecule has 4 aromatic heterocycles. The van der Waals surface area contributed by atoms with Crippen LogP contribution in [0.25, 0.3) is 10.9 Å². The van der Waals surface area contributed by atoms with Crippen molar-refractivity contribution in [2.75, 3.05) is 12.4 Å². The lowest BCUT2D eigenvalue weighted by Gasteiger charge is -2.13. The number of hydrogen-bond donors (Lipinski definition) is 3. The van der Waals surface area contributed by atoms with Gasteiger partial charge in [-0.2, -0.15) is 5.10 Å². The average Bonchev–Trinajstić information content (AvgIpc) is 3.54. The summed E-state index contributed by atoms with van der Waals surface area (Å²) < 4.78 is 10.9. The summed E-state index contributed by atoms with van der Waals surface area (Å²) in [5.41, 5.74) is 3.74. The van der Waals surface area contributed by atoms with Crippen molar-refractivity contribution in [1.82, 2.24) is 30.5 Å². The van der Waals surface area contributed by atoms with E-state index in [1.165, 1.54) is 0 Å². The number of carbonyl (C=O) groups excluding carboxylic acids is 1. The number of carbonyl (C=O) groups is 1. The third-order valence-electron chi connectivity index (χ3n) is 6.15. The van der Waals surface area contributed by atoms with Gasteiger partial charge in [0.25, 0.3) is 0 Å². The van der Waals surface area contributed by atoms with E-state index in [0.717, 1.165) is 47.0 Å². The highest BCUT2D eigenvalue weighted by atomic mass is 16.6. The van der Waals surface area contributed by atoms with Crippen molar-refractivity contribution in [3.8, 4) is 0 Å². The molecule has 2 unspecified atom stereocenters. The smallest absolute Gasteiger partial charge is 0.407 e. The van der Waals surface area contributed by atoms with Crippen LogP contribution in [0, 0.1) is 0 Å². The van der Waals surface area contributed by atoms with Crippen molar-refractivity contribution in [2.45, 2.75) is 44.4 Å². The van der Waals surface area contributed by atoms with Crippen molar-refractivity contribution in [2.24, 2.45) is 0 Å². The van der Waals surface area contributed by atoms with Crippen LogP contribution in [0.5, 0.6) is 0 Å². The first-order valence-corrected chi connectivity index (χ1v) is 11.6. The van der Waals surface area contributed by atoms with Gasteiger partial charge in [0.15, 0.2) is 11.6 Å². The van der Waals surface area contributed by atoms with Gasteiger partial charge in [-0.1, -0.05) is 6.07 Å². The number of rotatable bonds is 8. The van der Waals surface area contributed by atoms with Gasteiger partial charge in [-0.3, -0.25) is 15.1 Å². The largest absolute Gasteiger partial charge is 0.446 e. The number of aromatic nitrogens is 5. The minimum Gasteiger partial charge on any atom is -0.446 e. The molecule has 0 spiro atoms. The molecule has 0 bridgehead atoms. The summed E-state index contributed by atoms with van der Waals surface area (Å²) in [4.78, 5) is 25.2. The molecule has 1 aliphatic rings. The minimum absolute atomic E-state index is 0.128. The number of pyridine rings is 3. The van der Waals surface area contributed by atoms with E-state index in [1.807, 2.05) is 30.3 Å². The number of methoxy groups -OCH3 is 1. The lowest BCUT2D eigenvalue weighted by atomic mass is 10.0. The fourth-order valence-electron chi connectivity index (χ4n) is 4.44. The zero-order valence-corrected chi connectivity index (χ0v) is 19.4. The number of ether oxygens (including phenoxy) is 2. The number of hydrogen-bond acceptors (Lipinski definition) is 8. The minimum atomic E-state index is -0.408. The highest BCUT2D eigenvalue weighted by molar-refractivity contribution is 5.91. The molecule has 1 fully saturated rings. The predicted molar refractivity (Wildman–Crippen MR) is 130 cm³/mol. The Labute approximate surface area is 202 Å². The molecule has 35 heavy (non-hydrogen) atoms. The lowest BCUT2D eigenvalue weighted by Crippen LogP contribution is -2.27. The Balaban J connectivity index is 1.18. The summed E-state index contributed by atoms with van der Waals surface area (Å²) in [7, 11) is 1.67. The number of aromatic amines is 1. The van der Waals surface area contributed by atoms with E-state index in [-0.39, 0.29) is 12.0 Å². The van der Waals surface area contributed by atoms with Crippen molar-refractivity contribution < 1.29 is 14.3 Å².